The van der Waals surface area contributed by atoms with Gasteiger partial charge in [-0.05, 0) is 82.6 Å². The fourth-order valence-electron chi connectivity index (χ4n) is 3.68. The smallest absolute Gasteiger partial charge is 0.175 e. The fourth-order valence-corrected chi connectivity index (χ4v) is 5.43. The van der Waals surface area contributed by atoms with Gasteiger partial charge in [0.1, 0.15) is 17.7 Å². The minimum absolute atomic E-state index is 0.348. The lowest BCUT2D eigenvalue weighted by Gasteiger charge is -2.13. The monoisotopic (exact) mass is 505 g/mol. The number of halogens is 1. The van der Waals surface area contributed by atoms with Crippen molar-refractivity contribution in [1.82, 2.24) is 0 Å². The topological polar surface area (TPSA) is 78.4 Å². The van der Waals surface area contributed by atoms with Crippen LogP contribution >= 0.6 is 27.3 Å². The molecule has 0 N–H and O–H groups in total. The summed E-state index contributed by atoms with van der Waals surface area (Å²) < 4.78 is 12.3. The van der Waals surface area contributed by atoms with Crippen LogP contribution in [0, 0.1) is 22.7 Å². The van der Waals surface area contributed by atoms with Crippen molar-refractivity contribution in [2.45, 2.75) is 32.3 Å². The summed E-state index contributed by atoms with van der Waals surface area (Å²) in [7, 11) is 1.60. The Hall–Kier alpha value is -3.13. The van der Waals surface area contributed by atoms with Crippen LogP contribution in [0.1, 0.15) is 45.5 Å². The van der Waals surface area contributed by atoms with E-state index in [1.165, 1.54) is 16.9 Å². The summed E-state index contributed by atoms with van der Waals surface area (Å²) >= 11 is 5.20. The second-order valence-electron chi connectivity index (χ2n) is 7.39. The number of hydrogen-bond donors (Lipinski definition) is 0. The van der Waals surface area contributed by atoms with Gasteiger partial charge in [0.15, 0.2) is 11.5 Å². The van der Waals surface area contributed by atoms with Gasteiger partial charge in [-0.2, -0.15) is 10.5 Å². The molecule has 7 heteroatoms. The maximum absolute atomic E-state index is 9.63. The molecule has 4 rings (SSSR count). The predicted octanol–water partition coefficient (Wildman–Crippen LogP) is 6.47. The lowest BCUT2D eigenvalue weighted by molar-refractivity contribution is 0.282. The standard InChI is InChI=1S/C25H20BrN3O2S/c1-30-22-11-18(14-29-25-20(13-28)19-4-2-3-5-23(19)32-25)10-21(26)24(22)31-15-17-8-6-16(12-27)7-9-17/h6-11,14H,2-5,15H2,1H3. The molecule has 1 aliphatic carbocycles. The zero-order chi connectivity index (χ0) is 22.5. The number of aryl methyl sites for hydroxylation is 1. The first-order valence-corrected chi connectivity index (χ1v) is 11.8. The molecular formula is C25H20BrN3O2S. The van der Waals surface area contributed by atoms with Crippen molar-refractivity contribution in [1.29, 1.82) is 10.5 Å². The molecule has 0 bridgehead atoms. The second-order valence-corrected chi connectivity index (χ2v) is 9.33. The van der Waals surface area contributed by atoms with Crippen molar-refractivity contribution in [2.75, 3.05) is 7.11 Å². The van der Waals surface area contributed by atoms with E-state index in [-0.39, 0.29) is 0 Å². The Bertz CT molecular complexity index is 1250. The van der Waals surface area contributed by atoms with Gasteiger partial charge in [0.05, 0.1) is 28.8 Å². The van der Waals surface area contributed by atoms with E-state index in [0.29, 0.717) is 29.2 Å². The number of nitriles is 2. The van der Waals surface area contributed by atoms with Gasteiger partial charge < -0.3 is 9.47 Å². The number of aliphatic imine (C=N–C) groups is 1. The molecule has 32 heavy (non-hydrogen) atoms. The van der Waals surface area contributed by atoms with Crippen LogP contribution in [0.4, 0.5) is 5.00 Å². The molecule has 1 aliphatic rings. The second kappa shape index (κ2) is 9.99. The molecule has 1 aromatic heterocycles. The van der Waals surface area contributed by atoms with Crippen LogP contribution in [0.15, 0.2) is 45.9 Å². The highest BCUT2D eigenvalue weighted by atomic mass is 79.9. The Labute approximate surface area is 199 Å². The van der Waals surface area contributed by atoms with E-state index < -0.39 is 0 Å². The number of rotatable bonds is 6. The van der Waals surface area contributed by atoms with Crippen LogP contribution in [0.2, 0.25) is 0 Å². The van der Waals surface area contributed by atoms with Crippen molar-refractivity contribution < 1.29 is 9.47 Å². The highest BCUT2D eigenvalue weighted by Gasteiger charge is 2.20. The third-order valence-corrected chi connectivity index (χ3v) is 7.10. The van der Waals surface area contributed by atoms with E-state index in [0.717, 1.165) is 39.9 Å². The minimum Gasteiger partial charge on any atom is -0.493 e. The zero-order valence-electron chi connectivity index (χ0n) is 17.5. The molecule has 0 spiro atoms. The lowest BCUT2D eigenvalue weighted by Crippen LogP contribution is -2.00. The van der Waals surface area contributed by atoms with Crippen molar-refractivity contribution in [3.05, 3.63) is 73.6 Å². The van der Waals surface area contributed by atoms with Crippen molar-refractivity contribution in [3.8, 4) is 23.6 Å². The Morgan fingerprint density at radius 3 is 2.62 bits per heavy atom. The molecule has 0 radical (unpaired) electrons. The van der Waals surface area contributed by atoms with Crippen molar-refractivity contribution in [3.63, 3.8) is 0 Å². The van der Waals surface area contributed by atoms with E-state index in [4.69, 9.17) is 14.7 Å². The number of benzene rings is 2. The van der Waals surface area contributed by atoms with E-state index in [2.05, 4.69) is 33.1 Å². The van der Waals surface area contributed by atoms with Crippen LogP contribution in [0.3, 0.4) is 0 Å². The molecule has 0 saturated carbocycles. The minimum atomic E-state index is 0.348. The summed E-state index contributed by atoms with van der Waals surface area (Å²) in [6.45, 7) is 0.348. The third-order valence-electron chi connectivity index (χ3n) is 5.31. The highest BCUT2D eigenvalue weighted by molar-refractivity contribution is 9.10. The summed E-state index contributed by atoms with van der Waals surface area (Å²) in [5.74, 6) is 1.18. The molecule has 0 saturated heterocycles. The first kappa shape index (κ1) is 22.1. The molecule has 160 valence electrons. The van der Waals surface area contributed by atoms with Gasteiger partial charge in [0.25, 0.3) is 0 Å². The Morgan fingerprint density at radius 1 is 1.12 bits per heavy atom. The van der Waals surface area contributed by atoms with Gasteiger partial charge in [-0.25, -0.2) is 4.99 Å². The summed E-state index contributed by atoms with van der Waals surface area (Å²) in [6, 6.07) is 15.5. The molecule has 3 aromatic rings. The quantitative estimate of drug-likeness (QED) is 0.359. The van der Waals surface area contributed by atoms with E-state index in [1.807, 2.05) is 24.3 Å². The average Bonchev–Trinajstić information content (AvgIpc) is 3.19. The van der Waals surface area contributed by atoms with Gasteiger partial charge in [-0.15, -0.1) is 11.3 Å². The first-order chi connectivity index (χ1) is 15.6. The molecular weight excluding hydrogens is 486 g/mol. The lowest BCUT2D eigenvalue weighted by atomic mass is 9.96. The molecule has 0 aliphatic heterocycles. The maximum atomic E-state index is 9.63. The molecule has 2 aromatic carbocycles. The van der Waals surface area contributed by atoms with Crippen LogP contribution in [0.25, 0.3) is 0 Å². The Balaban J connectivity index is 1.55. The first-order valence-electron chi connectivity index (χ1n) is 10.2. The number of ether oxygens (including phenoxy) is 2. The van der Waals surface area contributed by atoms with Gasteiger partial charge in [-0.3, -0.25) is 0 Å². The Morgan fingerprint density at radius 2 is 1.91 bits per heavy atom. The molecule has 5 nitrogen and oxygen atoms in total. The highest BCUT2D eigenvalue weighted by Crippen LogP contribution is 2.40. The molecule has 0 amide bonds. The number of nitrogens with zero attached hydrogens (tertiary/aromatic N) is 3. The molecule has 1 heterocycles. The largest absolute Gasteiger partial charge is 0.493 e. The van der Waals surface area contributed by atoms with Crippen molar-refractivity contribution in [2.24, 2.45) is 4.99 Å². The van der Waals surface area contributed by atoms with E-state index in [1.54, 1.807) is 36.8 Å². The number of thiophene rings is 1. The summed E-state index contributed by atoms with van der Waals surface area (Å²) in [6.07, 6.45) is 6.07. The van der Waals surface area contributed by atoms with Gasteiger partial charge in [0, 0.05) is 11.1 Å². The Kier molecular flexibility index (Phi) is 6.90. The SMILES string of the molecule is COc1cc(C=Nc2sc3c(c2C#N)CCCC3)cc(Br)c1OCc1ccc(C#N)cc1. The maximum Gasteiger partial charge on any atom is 0.175 e. The zero-order valence-corrected chi connectivity index (χ0v) is 19.9. The fraction of sp³-hybridized carbons (Fsp3) is 0.240. The number of fused-ring (bicyclic) bond motifs is 1. The predicted molar refractivity (Wildman–Crippen MR) is 129 cm³/mol. The molecule has 0 unspecified atom stereocenters. The van der Waals surface area contributed by atoms with Gasteiger partial charge >= 0.3 is 0 Å². The average molecular weight is 506 g/mol. The van der Waals surface area contributed by atoms with Crippen LogP contribution in [-0.2, 0) is 19.4 Å². The summed E-state index contributed by atoms with van der Waals surface area (Å²) in [5.41, 5.74) is 4.31. The van der Waals surface area contributed by atoms with Gasteiger partial charge in [-0.1, -0.05) is 12.1 Å². The van der Waals surface area contributed by atoms with Crippen molar-refractivity contribution >= 4 is 38.5 Å². The third kappa shape index (κ3) is 4.70. The van der Waals surface area contributed by atoms with Crippen LogP contribution in [0.5, 0.6) is 11.5 Å². The summed E-state index contributed by atoms with van der Waals surface area (Å²) in [4.78, 5) is 5.93. The van der Waals surface area contributed by atoms with Gasteiger partial charge in [0.2, 0.25) is 0 Å². The van der Waals surface area contributed by atoms with E-state index >= 15 is 0 Å². The number of methoxy groups -OCH3 is 1. The number of hydrogen-bond acceptors (Lipinski definition) is 6. The van der Waals surface area contributed by atoms with Crippen LogP contribution < -0.4 is 9.47 Å². The molecule has 0 atom stereocenters. The van der Waals surface area contributed by atoms with Crippen LogP contribution in [-0.4, -0.2) is 13.3 Å². The normalized spacial score (nSPS) is 12.8. The molecule has 0 fully saturated rings. The van der Waals surface area contributed by atoms with E-state index in [9.17, 15) is 5.26 Å². The summed E-state index contributed by atoms with van der Waals surface area (Å²) in [5, 5.41) is 19.3.